The second-order valence-corrected chi connectivity index (χ2v) is 6.44. The topological polar surface area (TPSA) is 60.4 Å². The molecule has 2 aliphatic heterocycles. The molecule has 0 radical (unpaired) electrons. The van der Waals surface area contributed by atoms with Crippen molar-refractivity contribution in [2.45, 2.75) is 42.8 Å². The van der Waals surface area contributed by atoms with Gasteiger partial charge in [0.15, 0.2) is 9.84 Å². The highest BCUT2D eigenvalue weighted by molar-refractivity contribution is 7.93. The van der Waals surface area contributed by atoms with Crippen molar-refractivity contribution in [1.29, 1.82) is 0 Å². The molecular weight excluding hydrogens is 216 g/mol. The molecule has 0 N–H and O–H groups in total. The van der Waals surface area contributed by atoms with Crippen LogP contribution in [0.25, 0.3) is 0 Å². The SMILES string of the molecule is CC(=O)OC1CCC2C=CCC1S2(=O)=O. The van der Waals surface area contributed by atoms with E-state index in [4.69, 9.17) is 4.74 Å². The molecule has 0 aromatic heterocycles. The molecule has 0 saturated carbocycles. The normalized spacial score (nSPS) is 37.3. The van der Waals surface area contributed by atoms with E-state index in [0.29, 0.717) is 19.3 Å². The van der Waals surface area contributed by atoms with Gasteiger partial charge in [-0.3, -0.25) is 4.79 Å². The molecule has 3 unspecified atom stereocenters. The van der Waals surface area contributed by atoms with E-state index in [1.165, 1.54) is 6.92 Å². The van der Waals surface area contributed by atoms with Crippen LogP contribution in [0.1, 0.15) is 26.2 Å². The van der Waals surface area contributed by atoms with Crippen molar-refractivity contribution in [3.63, 3.8) is 0 Å². The third-order valence-corrected chi connectivity index (χ3v) is 5.61. The molecule has 0 spiro atoms. The fraction of sp³-hybridized carbons (Fsp3) is 0.700. The smallest absolute Gasteiger partial charge is 0.302 e. The lowest BCUT2D eigenvalue weighted by Gasteiger charge is -2.36. The van der Waals surface area contributed by atoms with Gasteiger partial charge in [-0.1, -0.05) is 12.2 Å². The fourth-order valence-electron chi connectivity index (χ4n) is 2.32. The van der Waals surface area contributed by atoms with E-state index in [-0.39, 0.29) is 5.25 Å². The lowest BCUT2D eigenvalue weighted by atomic mass is 10.0. The second kappa shape index (κ2) is 3.63. The summed E-state index contributed by atoms with van der Waals surface area (Å²) >= 11 is 0. The van der Waals surface area contributed by atoms with E-state index in [1.54, 1.807) is 6.08 Å². The number of carbonyl (C=O) groups excluding carboxylic acids is 1. The first-order valence-electron chi connectivity index (χ1n) is 5.08. The van der Waals surface area contributed by atoms with Crippen molar-refractivity contribution in [2.24, 2.45) is 0 Å². The number of allylic oxidation sites excluding steroid dienone is 1. The molecule has 84 valence electrons. The first-order chi connectivity index (χ1) is 7.01. The quantitative estimate of drug-likeness (QED) is 0.494. The van der Waals surface area contributed by atoms with Gasteiger partial charge in [-0.25, -0.2) is 8.42 Å². The molecule has 2 bridgehead atoms. The number of fused-ring (bicyclic) bond motifs is 2. The van der Waals surface area contributed by atoms with Crippen LogP contribution in [0.5, 0.6) is 0 Å². The van der Waals surface area contributed by atoms with Gasteiger partial charge in [0.25, 0.3) is 0 Å². The van der Waals surface area contributed by atoms with Crippen LogP contribution in [0, 0.1) is 0 Å². The zero-order chi connectivity index (χ0) is 11.1. The van der Waals surface area contributed by atoms with E-state index < -0.39 is 27.2 Å². The highest BCUT2D eigenvalue weighted by Crippen LogP contribution is 2.34. The lowest BCUT2D eigenvalue weighted by Crippen LogP contribution is -2.47. The number of carbonyl (C=O) groups is 1. The van der Waals surface area contributed by atoms with Gasteiger partial charge in [0, 0.05) is 6.92 Å². The summed E-state index contributed by atoms with van der Waals surface area (Å²) in [6.07, 6.45) is 4.87. The third-order valence-electron chi connectivity index (χ3n) is 3.03. The molecule has 15 heavy (non-hydrogen) atoms. The number of esters is 1. The van der Waals surface area contributed by atoms with Crippen molar-refractivity contribution in [3.05, 3.63) is 12.2 Å². The Morgan fingerprint density at radius 1 is 1.40 bits per heavy atom. The summed E-state index contributed by atoms with van der Waals surface area (Å²) in [6, 6.07) is 0. The second-order valence-electron chi connectivity index (χ2n) is 4.06. The van der Waals surface area contributed by atoms with E-state index in [1.807, 2.05) is 6.08 Å². The van der Waals surface area contributed by atoms with Crippen molar-refractivity contribution >= 4 is 15.8 Å². The predicted molar refractivity (Wildman–Crippen MR) is 55.0 cm³/mol. The molecule has 5 heteroatoms. The minimum Gasteiger partial charge on any atom is -0.461 e. The Bertz CT molecular complexity index is 396. The maximum absolute atomic E-state index is 11.9. The molecule has 0 aromatic rings. The largest absolute Gasteiger partial charge is 0.461 e. The first-order valence-corrected chi connectivity index (χ1v) is 6.69. The van der Waals surface area contributed by atoms with E-state index >= 15 is 0 Å². The molecule has 0 amide bonds. The summed E-state index contributed by atoms with van der Waals surface area (Å²) < 4.78 is 28.9. The van der Waals surface area contributed by atoms with Gasteiger partial charge in [0.2, 0.25) is 0 Å². The van der Waals surface area contributed by atoms with Crippen molar-refractivity contribution in [2.75, 3.05) is 0 Å². The predicted octanol–water partition coefficient (Wildman–Crippen LogP) is 0.824. The first kappa shape index (κ1) is 10.7. The summed E-state index contributed by atoms with van der Waals surface area (Å²) in [5.74, 6) is -0.400. The maximum Gasteiger partial charge on any atom is 0.302 e. The minimum atomic E-state index is -3.12. The van der Waals surface area contributed by atoms with Crippen LogP contribution in [0.15, 0.2) is 12.2 Å². The summed E-state index contributed by atoms with van der Waals surface area (Å²) in [5.41, 5.74) is 0. The molecule has 0 aromatic carbocycles. The van der Waals surface area contributed by atoms with Crippen LogP contribution >= 0.6 is 0 Å². The number of sulfone groups is 1. The zero-order valence-electron chi connectivity index (χ0n) is 8.55. The number of hydrogen-bond donors (Lipinski definition) is 0. The van der Waals surface area contributed by atoms with Gasteiger partial charge in [-0.2, -0.15) is 0 Å². The van der Waals surface area contributed by atoms with Crippen LogP contribution in [-0.4, -0.2) is 31.0 Å². The van der Waals surface area contributed by atoms with Crippen LogP contribution in [-0.2, 0) is 19.4 Å². The maximum atomic E-state index is 11.9. The van der Waals surface area contributed by atoms with Crippen LogP contribution < -0.4 is 0 Å². The highest BCUT2D eigenvalue weighted by atomic mass is 32.2. The molecule has 1 saturated heterocycles. The Labute approximate surface area is 89.2 Å². The Kier molecular flexibility index (Phi) is 2.58. The van der Waals surface area contributed by atoms with E-state index in [2.05, 4.69) is 0 Å². The number of rotatable bonds is 1. The average Bonchev–Trinajstić information content (AvgIpc) is 2.07. The highest BCUT2D eigenvalue weighted by Gasteiger charge is 2.45. The van der Waals surface area contributed by atoms with Crippen molar-refractivity contribution in [3.8, 4) is 0 Å². The molecule has 4 nitrogen and oxygen atoms in total. The summed E-state index contributed by atoms with van der Waals surface area (Å²) in [7, 11) is -3.12. The van der Waals surface area contributed by atoms with E-state index in [0.717, 1.165) is 0 Å². The Hall–Kier alpha value is -0.840. The fourth-order valence-corrected chi connectivity index (χ4v) is 4.56. The summed E-state index contributed by atoms with van der Waals surface area (Å²) in [5, 5.41) is -0.881. The van der Waals surface area contributed by atoms with Crippen LogP contribution in [0.4, 0.5) is 0 Å². The van der Waals surface area contributed by atoms with Crippen molar-refractivity contribution in [1.82, 2.24) is 0 Å². The van der Waals surface area contributed by atoms with Crippen molar-refractivity contribution < 1.29 is 17.9 Å². The van der Waals surface area contributed by atoms with Gasteiger partial charge < -0.3 is 4.74 Å². The van der Waals surface area contributed by atoms with Crippen LogP contribution in [0.3, 0.4) is 0 Å². The third kappa shape index (κ3) is 1.80. The standard InChI is InChI=1S/C10H14O4S/c1-7(11)14-9-6-5-8-3-2-4-10(9)15(8,12)13/h2-3,8-10H,4-6H2,1H3. The monoisotopic (exact) mass is 230 g/mol. The van der Waals surface area contributed by atoms with Gasteiger partial charge in [-0.05, 0) is 19.3 Å². The lowest BCUT2D eigenvalue weighted by molar-refractivity contribution is -0.146. The van der Waals surface area contributed by atoms with Gasteiger partial charge in [0.05, 0.1) is 5.25 Å². The van der Waals surface area contributed by atoms with Gasteiger partial charge >= 0.3 is 5.97 Å². The average molecular weight is 230 g/mol. The molecule has 2 heterocycles. The summed E-state index contributed by atoms with van der Waals surface area (Å²) in [4.78, 5) is 10.8. The molecule has 2 aliphatic rings. The Morgan fingerprint density at radius 2 is 2.13 bits per heavy atom. The van der Waals surface area contributed by atoms with E-state index in [9.17, 15) is 13.2 Å². The van der Waals surface area contributed by atoms with Crippen LogP contribution in [0.2, 0.25) is 0 Å². The molecular formula is C10H14O4S. The molecule has 1 fully saturated rings. The number of ether oxygens (including phenoxy) is 1. The Balaban J connectivity index is 2.26. The summed E-state index contributed by atoms with van der Waals surface area (Å²) in [6.45, 7) is 1.32. The van der Waals surface area contributed by atoms with Gasteiger partial charge in [-0.15, -0.1) is 0 Å². The number of hydrogen-bond acceptors (Lipinski definition) is 4. The zero-order valence-corrected chi connectivity index (χ0v) is 9.37. The Morgan fingerprint density at radius 3 is 2.80 bits per heavy atom. The molecule has 3 atom stereocenters. The molecule has 2 rings (SSSR count). The molecule has 0 aliphatic carbocycles. The minimum absolute atomic E-state index is 0.358. The van der Waals surface area contributed by atoms with Gasteiger partial charge in [0.1, 0.15) is 11.4 Å².